The fraction of sp³-hybridized carbons (Fsp3) is 0.476. The Labute approximate surface area is 150 Å². The Morgan fingerprint density at radius 1 is 1.50 bits per heavy atom. The predicted molar refractivity (Wildman–Crippen MR) is 105 cm³/mol. The van der Waals surface area contributed by atoms with Crippen LogP contribution in [0.5, 0.6) is 0 Å². The molecule has 3 rings (SSSR count). The van der Waals surface area contributed by atoms with Crippen LogP contribution >= 0.6 is 12.2 Å². The summed E-state index contributed by atoms with van der Waals surface area (Å²) < 4.78 is 0. The lowest BCUT2D eigenvalue weighted by atomic mass is 9.59. The van der Waals surface area contributed by atoms with Crippen LogP contribution in [0, 0.1) is 17.3 Å². The largest absolute Gasteiger partial charge is 0.303 e. The van der Waals surface area contributed by atoms with Gasteiger partial charge in [-0.25, -0.2) is 4.99 Å². The van der Waals surface area contributed by atoms with Crippen LogP contribution < -0.4 is 5.32 Å². The van der Waals surface area contributed by atoms with E-state index in [1.165, 1.54) is 16.7 Å². The first-order valence-electron chi connectivity index (χ1n) is 8.69. The van der Waals surface area contributed by atoms with Gasteiger partial charge in [0.25, 0.3) is 0 Å². The van der Waals surface area contributed by atoms with Gasteiger partial charge in [0.2, 0.25) is 0 Å². The monoisotopic (exact) mass is 338 g/mol. The van der Waals surface area contributed by atoms with E-state index in [1.807, 2.05) is 0 Å². The van der Waals surface area contributed by atoms with Crippen molar-refractivity contribution >= 4 is 17.4 Å². The number of fused-ring (bicyclic) bond motifs is 1. The van der Waals surface area contributed by atoms with Gasteiger partial charge in [-0.15, -0.1) is 6.58 Å². The Kier molecular flexibility index (Phi) is 4.87. The highest BCUT2D eigenvalue weighted by Gasteiger charge is 2.48. The Bertz CT molecular complexity index is 693. The van der Waals surface area contributed by atoms with Crippen LogP contribution in [0.2, 0.25) is 0 Å². The predicted octanol–water partition coefficient (Wildman–Crippen LogP) is 4.65. The van der Waals surface area contributed by atoms with Gasteiger partial charge in [0.15, 0.2) is 0 Å². The number of hydrogen-bond donors (Lipinski definition) is 1. The maximum atomic E-state index is 5.00. The van der Waals surface area contributed by atoms with Gasteiger partial charge in [0.05, 0.1) is 17.2 Å². The molecule has 1 aliphatic heterocycles. The number of allylic oxidation sites excluding steroid dienone is 3. The highest BCUT2D eigenvalue weighted by Crippen LogP contribution is 2.51. The maximum Gasteiger partial charge on any atom is 0.0762 e. The fourth-order valence-electron chi connectivity index (χ4n) is 4.58. The van der Waals surface area contributed by atoms with Crippen molar-refractivity contribution in [3.63, 3.8) is 0 Å². The Morgan fingerprint density at radius 3 is 2.96 bits per heavy atom. The highest BCUT2D eigenvalue weighted by molar-refractivity contribution is 7.78. The summed E-state index contributed by atoms with van der Waals surface area (Å²) in [5, 5.41) is 6.29. The highest BCUT2D eigenvalue weighted by atomic mass is 32.1. The molecule has 0 saturated heterocycles. The van der Waals surface area contributed by atoms with E-state index in [0.717, 1.165) is 19.4 Å². The third kappa shape index (κ3) is 2.82. The van der Waals surface area contributed by atoms with E-state index in [0.29, 0.717) is 17.9 Å². The summed E-state index contributed by atoms with van der Waals surface area (Å²) in [5.41, 5.74) is 4.04. The van der Waals surface area contributed by atoms with Crippen molar-refractivity contribution in [2.45, 2.75) is 38.8 Å². The van der Waals surface area contributed by atoms with E-state index in [2.05, 4.69) is 72.9 Å². The van der Waals surface area contributed by atoms with Gasteiger partial charge in [-0.1, -0.05) is 49.5 Å². The molecule has 1 fully saturated rings. The molecule has 0 aromatic heterocycles. The second-order valence-corrected chi connectivity index (χ2v) is 7.66. The zero-order valence-corrected chi connectivity index (χ0v) is 15.4. The number of aliphatic imine (C=N–C) groups is 1. The molecule has 0 amide bonds. The summed E-state index contributed by atoms with van der Waals surface area (Å²) in [5.74, 6) is 0.732. The van der Waals surface area contributed by atoms with E-state index in [4.69, 9.17) is 12.2 Å². The van der Waals surface area contributed by atoms with Crippen molar-refractivity contribution in [1.29, 1.82) is 0 Å². The van der Waals surface area contributed by atoms with Crippen molar-refractivity contribution in [1.82, 2.24) is 5.32 Å². The molecular formula is C21H26N2S. The minimum absolute atomic E-state index is 0.0533. The van der Waals surface area contributed by atoms with Crippen molar-refractivity contribution in [3.8, 4) is 0 Å². The van der Waals surface area contributed by atoms with Gasteiger partial charge in [-0.05, 0) is 49.0 Å². The molecule has 3 aliphatic rings. The molecule has 5 atom stereocenters. The van der Waals surface area contributed by atoms with E-state index < -0.39 is 0 Å². The van der Waals surface area contributed by atoms with Gasteiger partial charge in [-0.2, -0.15) is 0 Å². The average Bonchev–Trinajstić information content (AvgIpc) is 3.00. The molecule has 126 valence electrons. The van der Waals surface area contributed by atoms with E-state index >= 15 is 0 Å². The lowest BCUT2D eigenvalue weighted by Crippen LogP contribution is -2.45. The van der Waals surface area contributed by atoms with Crippen LogP contribution in [0.15, 0.2) is 65.2 Å². The summed E-state index contributed by atoms with van der Waals surface area (Å²) >= 11 is 5.00. The Balaban J connectivity index is 2.12. The molecule has 0 aromatic carbocycles. The van der Waals surface area contributed by atoms with Gasteiger partial charge < -0.3 is 5.32 Å². The molecule has 2 aliphatic carbocycles. The number of nitrogens with zero attached hydrogens (tertiary/aromatic N) is 1. The van der Waals surface area contributed by atoms with E-state index in [9.17, 15) is 0 Å². The first-order chi connectivity index (χ1) is 11.5. The normalized spacial score (nSPS) is 37.8. The number of rotatable bonds is 4. The molecule has 24 heavy (non-hydrogen) atoms. The van der Waals surface area contributed by atoms with Crippen molar-refractivity contribution in [2.24, 2.45) is 22.2 Å². The van der Waals surface area contributed by atoms with Crippen LogP contribution in [-0.2, 0) is 0 Å². The summed E-state index contributed by atoms with van der Waals surface area (Å²) in [4.78, 5) is 4.65. The molecule has 0 radical (unpaired) electrons. The fourth-order valence-corrected chi connectivity index (χ4v) is 4.69. The van der Waals surface area contributed by atoms with Crippen molar-refractivity contribution in [3.05, 3.63) is 60.3 Å². The van der Waals surface area contributed by atoms with E-state index in [-0.39, 0.29) is 11.5 Å². The van der Waals surface area contributed by atoms with E-state index in [1.54, 1.807) is 0 Å². The summed E-state index contributed by atoms with van der Waals surface area (Å²) in [6.45, 7) is 13.7. The van der Waals surface area contributed by atoms with Crippen molar-refractivity contribution < 1.29 is 0 Å². The number of nitrogens with one attached hydrogen (secondary N) is 1. The summed E-state index contributed by atoms with van der Waals surface area (Å²) in [7, 11) is 0. The number of thiocarbonyl (C=S) groups is 1. The Morgan fingerprint density at radius 2 is 2.29 bits per heavy atom. The zero-order chi connectivity index (χ0) is 17.3. The Hall–Kier alpha value is -1.54. The lowest BCUT2D eigenvalue weighted by molar-refractivity contribution is 0.148. The van der Waals surface area contributed by atoms with Crippen LogP contribution in [-0.4, -0.2) is 23.8 Å². The van der Waals surface area contributed by atoms with Gasteiger partial charge in [0.1, 0.15) is 0 Å². The third-order valence-corrected chi connectivity index (χ3v) is 6.15. The zero-order valence-electron chi connectivity index (χ0n) is 14.6. The molecule has 3 unspecified atom stereocenters. The third-order valence-electron chi connectivity index (χ3n) is 6.05. The van der Waals surface area contributed by atoms with Crippen LogP contribution in [0.3, 0.4) is 0 Å². The van der Waals surface area contributed by atoms with Gasteiger partial charge >= 0.3 is 0 Å². The molecule has 1 heterocycles. The molecule has 1 saturated carbocycles. The molecule has 0 spiro atoms. The number of hydrogen-bond acceptors (Lipinski definition) is 3. The van der Waals surface area contributed by atoms with Crippen molar-refractivity contribution in [2.75, 3.05) is 6.54 Å². The molecule has 0 aromatic rings. The topological polar surface area (TPSA) is 24.4 Å². The maximum absolute atomic E-state index is 5.00. The second kappa shape index (κ2) is 6.76. The molecule has 3 heteroatoms. The standard InChI is InChI=1S/C21H26N2S/c1-5-21(4)11-10-15(14(2)3)19(20(21)23-13-24)17-12-22-18-9-7-6-8-16(17)18/h5-9,15,18-20,22H,1-2,10-12H2,3-4H3/t15-,18?,19?,20?,21-/m0/s1. The lowest BCUT2D eigenvalue weighted by Gasteiger charge is -2.47. The summed E-state index contributed by atoms with van der Waals surface area (Å²) in [6.07, 6.45) is 13.0. The van der Waals surface area contributed by atoms with Gasteiger partial charge in [0, 0.05) is 17.9 Å². The SMILES string of the molecule is C=C[C@@]1(C)CC[C@@H](C(=C)C)C(C2=C3C=CC=CC3NC2)C1N=C=S. The van der Waals surface area contributed by atoms with Crippen LogP contribution in [0.4, 0.5) is 0 Å². The molecule has 1 N–H and O–H groups in total. The number of isothiocyanates is 1. The average molecular weight is 339 g/mol. The summed E-state index contributed by atoms with van der Waals surface area (Å²) in [6, 6.07) is 0.398. The molecule has 2 nitrogen and oxygen atoms in total. The second-order valence-electron chi connectivity index (χ2n) is 7.48. The van der Waals surface area contributed by atoms with Crippen LogP contribution in [0.1, 0.15) is 26.7 Å². The quantitative estimate of drug-likeness (QED) is 0.458. The molecular weight excluding hydrogens is 312 g/mol. The minimum Gasteiger partial charge on any atom is -0.303 e. The first-order valence-corrected chi connectivity index (χ1v) is 9.10. The first kappa shape index (κ1) is 17.3. The minimum atomic E-state index is -0.0533. The van der Waals surface area contributed by atoms with Gasteiger partial charge in [-0.3, -0.25) is 0 Å². The molecule has 0 bridgehead atoms. The smallest absolute Gasteiger partial charge is 0.0762 e. The van der Waals surface area contributed by atoms with Crippen LogP contribution in [0.25, 0.3) is 0 Å².